The normalized spacial score (nSPS) is 25.3. The Labute approximate surface area is 150 Å². The Morgan fingerprint density at radius 1 is 1.28 bits per heavy atom. The second-order valence-electron chi connectivity index (χ2n) is 7.93. The minimum atomic E-state index is -0.0723. The first-order valence-corrected chi connectivity index (χ1v) is 9.82. The Morgan fingerprint density at radius 2 is 2.12 bits per heavy atom. The van der Waals surface area contributed by atoms with Gasteiger partial charge in [0.05, 0.1) is 13.1 Å². The van der Waals surface area contributed by atoms with E-state index in [0.29, 0.717) is 17.7 Å². The van der Waals surface area contributed by atoms with Crippen molar-refractivity contribution < 1.29 is 9.53 Å². The van der Waals surface area contributed by atoms with Crippen LogP contribution in [0.5, 0.6) is 0 Å². The average molecular weight is 343 g/mol. The maximum atomic E-state index is 12.5. The highest BCUT2D eigenvalue weighted by Gasteiger charge is 2.54. The van der Waals surface area contributed by atoms with Gasteiger partial charge in [0.2, 0.25) is 5.91 Å². The van der Waals surface area contributed by atoms with Gasteiger partial charge in [0, 0.05) is 25.8 Å². The van der Waals surface area contributed by atoms with Crippen molar-refractivity contribution in [3.63, 3.8) is 0 Å². The Kier molecular flexibility index (Phi) is 4.93. The number of pyridine rings is 1. The summed E-state index contributed by atoms with van der Waals surface area (Å²) in [5.74, 6) is 2.45. The highest BCUT2D eigenvalue weighted by atomic mass is 16.5. The molecule has 0 unspecified atom stereocenters. The van der Waals surface area contributed by atoms with Crippen molar-refractivity contribution >= 4 is 11.7 Å². The first kappa shape index (κ1) is 16.8. The number of carbonyl (C=O) groups excluding carboxylic acids is 1. The molecule has 2 saturated heterocycles. The molecule has 0 bridgehead atoms. The predicted molar refractivity (Wildman–Crippen MR) is 97.3 cm³/mol. The Bertz CT molecular complexity index is 580. The molecular formula is C20H29N3O2. The van der Waals surface area contributed by atoms with Crippen molar-refractivity contribution in [2.45, 2.75) is 50.5 Å². The minimum Gasteiger partial charge on any atom is -0.371 e. The van der Waals surface area contributed by atoms with Crippen LogP contribution in [0.2, 0.25) is 0 Å². The van der Waals surface area contributed by atoms with Gasteiger partial charge >= 0.3 is 0 Å². The highest BCUT2D eigenvalue weighted by molar-refractivity contribution is 5.77. The molecule has 1 aromatic heterocycles. The molecule has 136 valence electrons. The summed E-state index contributed by atoms with van der Waals surface area (Å²) in [7, 11) is 0. The molecule has 25 heavy (non-hydrogen) atoms. The fourth-order valence-electron chi connectivity index (χ4n) is 4.75. The number of nitrogens with one attached hydrogen (secondary N) is 1. The van der Waals surface area contributed by atoms with Crippen LogP contribution in [-0.4, -0.2) is 47.6 Å². The van der Waals surface area contributed by atoms with Crippen molar-refractivity contribution in [1.82, 2.24) is 9.88 Å². The number of anilines is 1. The maximum absolute atomic E-state index is 12.5. The third-order valence-corrected chi connectivity index (χ3v) is 6.27. The monoisotopic (exact) mass is 343 g/mol. The minimum absolute atomic E-state index is 0.0723. The second-order valence-corrected chi connectivity index (χ2v) is 7.93. The molecule has 1 spiro atoms. The van der Waals surface area contributed by atoms with Crippen molar-refractivity contribution in [2.24, 2.45) is 11.8 Å². The van der Waals surface area contributed by atoms with Crippen LogP contribution in [-0.2, 0) is 9.53 Å². The molecule has 1 aliphatic carbocycles. The number of aromatic nitrogens is 1. The molecule has 0 aromatic carbocycles. The van der Waals surface area contributed by atoms with Crippen LogP contribution in [0, 0.1) is 11.8 Å². The van der Waals surface area contributed by atoms with Gasteiger partial charge in [-0.3, -0.25) is 4.79 Å². The molecule has 2 aliphatic heterocycles. The highest BCUT2D eigenvalue weighted by Crippen LogP contribution is 2.42. The Morgan fingerprint density at radius 3 is 2.88 bits per heavy atom. The third kappa shape index (κ3) is 3.66. The topological polar surface area (TPSA) is 54.5 Å². The lowest BCUT2D eigenvalue weighted by Gasteiger charge is -2.50. The Balaban J connectivity index is 1.24. The van der Waals surface area contributed by atoms with Crippen molar-refractivity contribution in [1.29, 1.82) is 0 Å². The lowest BCUT2D eigenvalue weighted by atomic mass is 9.78. The lowest BCUT2D eigenvalue weighted by Crippen LogP contribution is -2.66. The van der Waals surface area contributed by atoms with Gasteiger partial charge in [-0.15, -0.1) is 0 Å². The molecule has 3 fully saturated rings. The fraction of sp³-hybridized carbons (Fsp3) is 0.700. The molecule has 0 radical (unpaired) electrons. The summed E-state index contributed by atoms with van der Waals surface area (Å²) in [4.78, 5) is 18.8. The average Bonchev–Trinajstić information content (AvgIpc) is 3.24. The molecule has 1 saturated carbocycles. The summed E-state index contributed by atoms with van der Waals surface area (Å²) in [5.41, 5.74) is -0.0723. The van der Waals surface area contributed by atoms with Crippen LogP contribution in [0.1, 0.15) is 44.9 Å². The van der Waals surface area contributed by atoms with E-state index in [9.17, 15) is 4.79 Å². The van der Waals surface area contributed by atoms with Gasteiger partial charge in [0.1, 0.15) is 11.4 Å². The number of nitrogens with zero attached hydrogens (tertiary/aromatic N) is 2. The zero-order valence-electron chi connectivity index (χ0n) is 15.0. The summed E-state index contributed by atoms with van der Waals surface area (Å²) < 4.78 is 6.10. The zero-order valence-corrected chi connectivity index (χ0v) is 15.0. The largest absolute Gasteiger partial charge is 0.371 e. The number of amides is 1. The summed E-state index contributed by atoms with van der Waals surface area (Å²) >= 11 is 0. The van der Waals surface area contributed by atoms with Gasteiger partial charge < -0.3 is 15.0 Å². The first-order chi connectivity index (χ1) is 12.3. The van der Waals surface area contributed by atoms with Gasteiger partial charge in [-0.05, 0) is 49.7 Å². The van der Waals surface area contributed by atoms with Gasteiger partial charge in [-0.25, -0.2) is 4.98 Å². The van der Waals surface area contributed by atoms with Gasteiger partial charge in [0.25, 0.3) is 0 Å². The summed E-state index contributed by atoms with van der Waals surface area (Å²) in [5, 5.41) is 3.39. The molecule has 4 rings (SSSR count). The van der Waals surface area contributed by atoms with E-state index in [-0.39, 0.29) is 5.60 Å². The van der Waals surface area contributed by atoms with Gasteiger partial charge in [0.15, 0.2) is 0 Å². The summed E-state index contributed by atoms with van der Waals surface area (Å²) in [6.07, 6.45) is 9.82. The van der Waals surface area contributed by atoms with E-state index < -0.39 is 0 Å². The zero-order chi connectivity index (χ0) is 17.1. The van der Waals surface area contributed by atoms with E-state index in [2.05, 4.69) is 10.3 Å². The van der Waals surface area contributed by atoms with E-state index in [1.165, 1.54) is 25.7 Å². The van der Waals surface area contributed by atoms with Crippen molar-refractivity contribution in [3.05, 3.63) is 24.4 Å². The molecule has 1 amide bonds. The van der Waals surface area contributed by atoms with Crippen molar-refractivity contribution in [3.8, 4) is 0 Å². The van der Waals surface area contributed by atoms with E-state index in [0.717, 1.165) is 51.3 Å². The lowest BCUT2D eigenvalue weighted by molar-refractivity contribution is -0.166. The van der Waals surface area contributed by atoms with Gasteiger partial charge in [-0.1, -0.05) is 18.9 Å². The van der Waals surface area contributed by atoms with Crippen LogP contribution in [0.4, 0.5) is 5.82 Å². The smallest absolute Gasteiger partial charge is 0.223 e. The molecule has 3 aliphatic rings. The molecule has 1 atom stereocenters. The molecule has 5 nitrogen and oxygen atoms in total. The van der Waals surface area contributed by atoms with Crippen molar-refractivity contribution in [2.75, 3.05) is 31.6 Å². The quantitative estimate of drug-likeness (QED) is 0.862. The predicted octanol–water partition coefficient (Wildman–Crippen LogP) is 3.08. The third-order valence-electron chi connectivity index (χ3n) is 6.27. The van der Waals surface area contributed by atoms with Crippen LogP contribution >= 0.6 is 0 Å². The fourth-order valence-corrected chi connectivity index (χ4v) is 4.75. The van der Waals surface area contributed by atoms with Crippen LogP contribution in [0.25, 0.3) is 0 Å². The number of ether oxygens (including phenoxy) is 1. The number of hydrogen-bond acceptors (Lipinski definition) is 4. The SMILES string of the molecule is O=C(CC1CCCC1)N1CC2(C1)OCC[C@@H]2CCNc1ccccn1. The van der Waals surface area contributed by atoms with E-state index in [1.807, 2.05) is 29.3 Å². The molecule has 3 heterocycles. The molecular weight excluding hydrogens is 314 g/mol. The maximum Gasteiger partial charge on any atom is 0.223 e. The summed E-state index contributed by atoms with van der Waals surface area (Å²) in [6, 6.07) is 5.92. The van der Waals surface area contributed by atoms with E-state index in [1.54, 1.807) is 0 Å². The van der Waals surface area contributed by atoms with E-state index >= 15 is 0 Å². The number of rotatable bonds is 6. The second kappa shape index (κ2) is 7.32. The van der Waals surface area contributed by atoms with Crippen LogP contribution in [0.3, 0.4) is 0 Å². The summed E-state index contributed by atoms with van der Waals surface area (Å²) in [6.45, 7) is 3.33. The standard InChI is InChI=1S/C20H29N3O2/c24-19(13-16-5-1-2-6-16)23-14-20(15-23)17(9-12-25-20)8-11-22-18-7-3-4-10-21-18/h3-4,7,10,16-17H,1-2,5-6,8-9,11-15H2,(H,21,22)/t17-/m0/s1. The number of likely N-dealkylation sites (tertiary alicyclic amines) is 1. The molecule has 1 aromatic rings. The Hall–Kier alpha value is -1.62. The van der Waals surface area contributed by atoms with E-state index in [4.69, 9.17) is 4.74 Å². The first-order valence-electron chi connectivity index (χ1n) is 9.82. The van der Waals surface area contributed by atoms with Crippen LogP contribution in [0.15, 0.2) is 24.4 Å². The van der Waals surface area contributed by atoms with Crippen LogP contribution < -0.4 is 5.32 Å². The number of carbonyl (C=O) groups is 1. The molecule has 5 heteroatoms. The number of hydrogen-bond donors (Lipinski definition) is 1. The molecule has 1 N–H and O–H groups in total. The van der Waals surface area contributed by atoms with Gasteiger partial charge in [-0.2, -0.15) is 0 Å².